The first-order valence-corrected chi connectivity index (χ1v) is 10.6. The maximum Gasteiger partial charge on any atom is 0.264 e. The van der Waals surface area contributed by atoms with Gasteiger partial charge in [0.1, 0.15) is 5.75 Å². The van der Waals surface area contributed by atoms with Crippen molar-refractivity contribution in [1.82, 2.24) is 0 Å². The Morgan fingerprint density at radius 1 is 0.963 bits per heavy atom. The lowest BCUT2D eigenvalue weighted by Gasteiger charge is -2.25. The van der Waals surface area contributed by atoms with E-state index in [1.165, 1.54) is 4.31 Å². The van der Waals surface area contributed by atoms with Crippen LogP contribution in [0.5, 0.6) is 5.75 Å². The minimum atomic E-state index is -3.72. The SMILES string of the molecule is COc1cccc(CN(c2ccc(Br)cc2)S(=O)(=O)c2ccc(C)cc2)c1. The van der Waals surface area contributed by atoms with Crippen LogP contribution in [0.25, 0.3) is 0 Å². The van der Waals surface area contributed by atoms with Gasteiger partial charge in [0, 0.05) is 4.47 Å². The number of ether oxygens (including phenoxy) is 1. The van der Waals surface area contributed by atoms with Gasteiger partial charge in [0.05, 0.1) is 24.2 Å². The molecule has 3 aromatic carbocycles. The molecule has 0 spiro atoms. The van der Waals surface area contributed by atoms with E-state index in [1.54, 1.807) is 43.5 Å². The summed E-state index contributed by atoms with van der Waals surface area (Å²) in [5, 5.41) is 0. The highest BCUT2D eigenvalue weighted by molar-refractivity contribution is 9.10. The average molecular weight is 446 g/mol. The van der Waals surface area contributed by atoms with Crippen molar-refractivity contribution in [1.29, 1.82) is 0 Å². The van der Waals surface area contributed by atoms with Crippen molar-refractivity contribution >= 4 is 31.6 Å². The maximum atomic E-state index is 13.4. The fourth-order valence-corrected chi connectivity index (χ4v) is 4.41. The minimum Gasteiger partial charge on any atom is -0.497 e. The van der Waals surface area contributed by atoms with Gasteiger partial charge in [-0.15, -0.1) is 0 Å². The lowest BCUT2D eigenvalue weighted by atomic mass is 10.2. The number of anilines is 1. The number of hydrogen-bond acceptors (Lipinski definition) is 3. The molecule has 3 aromatic rings. The van der Waals surface area contributed by atoms with Gasteiger partial charge in [-0.2, -0.15) is 0 Å². The number of rotatable bonds is 6. The number of halogens is 1. The van der Waals surface area contributed by atoms with Crippen LogP contribution in [0, 0.1) is 6.92 Å². The molecular weight excluding hydrogens is 426 g/mol. The minimum absolute atomic E-state index is 0.203. The summed E-state index contributed by atoms with van der Waals surface area (Å²) in [5.41, 5.74) is 2.45. The van der Waals surface area contributed by atoms with E-state index in [9.17, 15) is 8.42 Å². The summed E-state index contributed by atoms with van der Waals surface area (Å²) >= 11 is 3.40. The van der Waals surface area contributed by atoms with E-state index in [2.05, 4.69) is 15.9 Å². The van der Waals surface area contributed by atoms with E-state index < -0.39 is 10.0 Å². The lowest BCUT2D eigenvalue weighted by molar-refractivity contribution is 0.414. The van der Waals surface area contributed by atoms with Crippen LogP contribution in [0.4, 0.5) is 5.69 Å². The molecule has 0 saturated carbocycles. The van der Waals surface area contributed by atoms with Crippen LogP contribution in [-0.2, 0) is 16.6 Å². The molecule has 0 bridgehead atoms. The summed E-state index contributed by atoms with van der Waals surface area (Å²) in [6.45, 7) is 2.13. The smallest absolute Gasteiger partial charge is 0.264 e. The quantitative estimate of drug-likeness (QED) is 0.526. The van der Waals surface area contributed by atoms with Crippen molar-refractivity contribution in [2.75, 3.05) is 11.4 Å². The second kappa shape index (κ2) is 8.15. The summed E-state index contributed by atoms with van der Waals surface area (Å²) < 4.78 is 34.3. The van der Waals surface area contributed by atoms with Crippen LogP contribution in [0.15, 0.2) is 82.2 Å². The van der Waals surface area contributed by atoms with Gasteiger partial charge >= 0.3 is 0 Å². The molecule has 0 unspecified atom stereocenters. The van der Waals surface area contributed by atoms with E-state index >= 15 is 0 Å². The number of benzene rings is 3. The highest BCUT2D eigenvalue weighted by Crippen LogP contribution is 2.28. The molecule has 0 saturated heterocycles. The molecule has 0 radical (unpaired) electrons. The molecule has 0 aromatic heterocycles. The second-order valence-corrected chi connectivity index (χ2v) is 8.93. The Balaban J connectivity index is 2.06. The third-order valence-corrected chi connectivity index (χ3v) is 6.50. The number of aryl methyl sites for hydroxylation is 1. The third-order valence-electron chi connectivity index (χ3n) is 4.18. The Kier molecular flexibility index (Phi) is 5.87. The van der Waals surface area contributed by atoms with Crippen molar-refractivity contribution in [3.63, 3.8) is 0 Å². The fraction of sp³-hybridized carbons (Fsp3) is 0.143. The highest BCUT2D eigenvalue weighted by atomic mass is 79.9. The van der Waals surface area contributed by atoms with Gasteiger partial charge < -0.3 is 4.74 Å². The molecule has 0 N–H and O–H groups in total. The molecule has 140 valence electrons. The van der Waals surface area contributed by atoms with Crippen LogP contribution in [-0.4, -0.2) is 15.5 Å². The standard InChI is InChI=1S/C21H20BrNO3S/c1-16-6-12-21(13-7-16)27(24,25)23(19-10-8-18(22)9-11-19)15-17-4-3-5-20(14-17)26-2/h3-14H,15H2,1-2H3. The van der Waals surface area contributed by atoms with Crippen LogP contribution in [0.2, 0.25) is 0 Å². The molecule has 0 heterocycles. The zero-order valence-electron chi connectivity index (χ0n) is 15.1. The van der Waals surface area contributed by atoms with Gasteiger partial charge in [-0.3, -0.25) is 4.31 Å². The van der Waals surface area contributed by atoms with E-state index in [0.29, 0.717) is 11.4 Å². The molecule has 0 aliphatic carbocycles. The van der Waals surface area contributed by atoms with Crippen molar-refractivity contribution in [2.45, 2.75) is 18.4 Å². The number of methoxy groups -OCH3 is 1. The largest absolute Gasteiger partial charge is 0.497 e. The second-order valence-electron chi connectivity index (χ2n) is 6.15. The van der Waals surface area contributed by atoms with Gasteiger partial charge in [0.15, 0.2) is 0 Å². The molecule has 0 amide bonds. The van der Waals surface area contributed by atoms with E-state index in [0.717, 1.165) is 15.6 Å². The van der Waals surface area contributed by atoms with Crippen LogP contribution >= 0.6 is 15.9 Å². The lowest BCUT2D eigenvalue weighted by Crippen LogP contribution is -2.30. The highest BCUT2D eigenvalue weighted by Gasteiger charge is 2.25. The van der Waals surface area contributed by atoms with Crippen molar-refractivity contribution in [2.24, 2.45) is 0 Å². The first-order valence-electron chi connectivity index (χ1n) is 8.38. The maximum absolute atomic E-state index is 13.4. The van der Waals surface area contributed by atoms with Crippen molar-refractivity contribution in [3.8, 4) is 5.75 Å². The normalized spacial score (nSPS) is 11.2. The number of hydrogen-bond donors (Lipinski definition) is 0. The molecule has 27 heavy (non-hydrogen) atoms. The number of nitrogens with zero attached hydrogens (tertiary/aromatic N) is 1. The molecule has 4 nitrogen and oxygen atoms in total. The predicted octanol–water partition coefficient (Wildman–Crippen LogP) is 5.16. The van der Waals surface area contributed by atoms with E-state index in [-0.39, 0.29) is 11.4 Å². The first-order chi connectivity index (χ1) is 12.9. The molecule has 3 rings (SSSR count). The molecular formula is C21H20BrNO3S. The van der Waals surface area contributed by atoms with Crippen LogP contribution < -0.4 is 9.04 Å². The Labute approximate surface area is 168 Å². The van der Waals surface area contributed by atoms with Crippen molar-refractivity contribution < 1.29 is 13.2 Å². The van der Waals surface area contributed by atoms with Gasteiger partial charge in [-0.1, -0.05) is 45.8 Å². The summed E-state index contributed by atoms with van der Waals surface area (Å²) in [6, 6.07) is 21.5. The van der Waals surface area contributed by atoms with E-state index in [4.69, 9.17) is 4.74 Å². The average Bonchev–Trinajstić information content (AvgIpc) is 2.67. The molecule has 0 atom stereocenters. The van der Waals surface area contributed by atoms with E-state index in [1.807, 2.05) is 43.3 Å². The molecule has 0 aliphatic heterocycles. The predicted molar refractivity (Wildman–Crippen MR) is 112 cm³/mol. The fourth-order valence-electron chi connectivity index (χ4n) is 2.70. The zero-order chi connectivity index (χ0) is 19.4. The van der Waals surface area contributed by atoms with Gasteiger partial charge in [0.25, 0.3) is 10.0 Å². The van der Waals surface area contributed by atoms with Gasteiger partial charge in [0.2, 0.25) is 0 Å². The molecule has 0 fully saturated rings. The Morgan fingerprint density at radius 2 is 1.63 bits per heavy atom. The topological polar surface area (TPSA) is 46.6 Å². The van der Waals surface area contributed by atoms with Gasteiger partial charge in [-0.25, -0.2) is 8.42 Å². The summed E-state index contributed by atoms with van der Waals surface area (Å²) in [4.78, 5) is 0.263. The monoisotopic (exact) mass is 445 g/mol. The number of sulfonamides is 1. The van der Waals surface area contributed by atoms with Gasteiger partial charge in [-0.05, 0) is 61.0 Å². The van der Waals surface area contributed by atoms with Crippen molar-refractivity contribution in [3.05, 3.63) is 88.4 Å². The zero-order valence-corrected chi connectivity index (χ0v) is 17.5. The summed E-state index contributed by atoms with van der Waals surface area (Å²) in [6.07, 6.45) is 0. The first kappa shape index (κ1) is 19.5. The third kappa shape index (κ3) is 4.51. The Morgan fingerprint density at radius 3 is 2.26 bits per heavy atom. The van der Waals surface area contributed by atoms with Crippen LogP contribution in [0.1, 0.15) is 11.1 Å². The Hall–Kier alpha value is -2.31. The summed E-state index contributed by atoms with van der Waals surface area (Å²) in [5.74, 6) is 0.691. The molecule has 0 aliphatic rings. The van der Waals surface area contributed by atoms with Crippen LogP contribution in [0.3, 0.4) is 0 Å². The summed E-state index contributed by atoms with van der Waals surface area (Å²) in [7, 11) is -2.13. The molecule has 6 heteroatoms. The Bertz CT molecular complexity index is 1020.